The van der Waals surface area contributed by atoms with Crippen LogP contribution in [0.25, 0.3) is 0 Å². The molecule has 114 valence electrons. The Kier molecular flexibility index (Phi) is 8.56. The molecule has 4 nitrogen and oxygen atoms in total. The summed E-state index contributed by atoms with van der Waals surface area (Å²) in [6, 6.07) is 5.79. The zero-order chi connectivity index (χ0) is 15.5. The van der Waals surface area contributed by atoms with E-state index in [9.17, 15) is 4.79 Å². The lowest BCUT2D eigenvalue weighted by Crippen LogP contribution is -2.17. The van der Waals surface area contributed by atoms with Crippen LogP contribution >= 0.6 is 15.9 Å². The number of hydrogen-bond donors (Lipinski definition) is 1. The highest BCUT2D eigenvalue weighted by Gasteiger charge is 2.05. The SMILES string of the molecule is C#CCOc1ccc(Br)cc1CNCCCC(=O)OCC. The number of ether oxygens (including phenoxy) is 2. The molecular weight excluding hydrogens is 334 g/mol. The third-order valence-corrected chi connectivity index (χ3v) is 3.18. The van der Waals surface area contributed by atoms with Crippen LogP contribution in [0.3, 0.4) is 0 Å². The van der Waals surface area contributed by atoms with Crippen molar-refractivity contribution in [2.24, 2.45) is 0 Å². The van der Waals surface area contributed by atoms with E-state index < -0.39 is 0 Å². The summed E-state index contributed by atoms with van der Waals surface area (Å²) in [6.45, 7) is 3.88. The molecular formula is C16H20BrNO3. The van der Waals surface area contributed by atoms with Crippen LogP contribution in [-0.2, 0) is 16.1 Å². The number of hydrogen-bond acceptors (Lipinski definition) is 4. The van der Waals surface area contributed by atoms with Crippen molar-refractivity contribution in [3.63, 3.8) is 0 Å². The van der Waals surface area contributed by atoms with Gasteiger partial charge in [-0.15, -0.1) is 6.42 Å². The van der Waals surface area contributed by atoms with Crippen molar-refractivity contribution in [2.75, 3.05) is 19.8 Å². The number of carbonyl (C=O) groups excluding carboxylic acids is 1. The van der Waals surface area contributed by atoms with Crippen molar-refractivity contribution in [3.05, 3.63) is 28.2 Å². The minimum Gasteiger partial charge on any atom is -0.481 e. The summed E-state index contributed by atoms with van der Waals surface area (Å²) >= 11 is 3.44. The fourth-order valence-corrected chi connectivity index (χ4v) is 2.17. The van der Waals surface area contributed by atoms with Crippen LogP contribution in [0.15, 0.2) is 22.7 Å². The normalized spacial score (nSPS) is 9.95. The number of carbonyl (C=O) groups is 1. The second kappa shape index (κ2) is 10.3. The molecule has 0 spiro atoms. The van der Waals surface area contributed by atoms with E-state index in [1.807, 2.05) is 18.2 Å². The van der Waals surface area contributed by atoms with Gasteiger partial charge in [0.15, 0.2) is 0 Å². The third kappa shape index (κ3) is 7.16. The van der Waals surface area contributed by atoms with Gasteiger partial charge in [0.1, 0.15) is 12.4 Å². The highest BCUT2D eigenvalue weighted by Crippen LogP contribution is 2.23. The molecule has 0 aliphatic heterocycles. The molecule has 0 amide bonds. The average molecular weight is 354 g/mol. The van der Waals surface area contributed by atoms with E-state index >= 15 is 0 Å². The molecule has 5 heteroatoms. The average Bonchev–Trinajstić information content (AvgIpc) is 2.46. The zero-order valence-electron chi connectivity index (χ0n) is 12.2. The van der Waals surface area contributed by atoms with E-state index in [0.29, 0.717) is 19.6 Å². The Balaban J connectivity index is 2.38. The summed E-state index contributed by atoms with van der Waals surface area (Å²) in [5.74, 6) is 3.07. The van der Waals surface area contributed by atoms with Crippen LogP contribution in [0, 0.1) is 12.3 Å². The summed E-state index contributed by atoms with van der Waals surface area (Å²) in [4.78, 5) is 11.2. The monoisotopic (exact) mass is 353 g/mol. The first kappa shape index (κ1) is 17.5. The molecule has 0 aliphatic carbocycles. The molecule has 0 fully saturated rings. The fourth-order valence-electron chi connectivity index (χ4n) is 1.76. The van der Waals surface area contributed by atoms with E-state index in [1.165, 1.54) is 0 Å². The van der Waals surface area contributed by atoms with Gasteiger partial charge in [-0.05, 0) is 38.1 Å². The van der Waals surface area contributed by atoms with Gasteiger partial charge in [0.05, 0.1) is 6.61 Å². The van der Waals surface area contributed by atoms with E-state index in [1.54, 1.807) is 6.92 Å². The van der Waals surface area contributed by atoms with Gasteiger partial charge in [-0.1, -0.05) is 21.9 Å². The first-order valence-electron chi connectivity index (χ1n) is 6.88. The molecule has 1 aromatic rings. The molecule has 0 atom stereocenters. The van der Waals surface area contributed by atoms with Gasteiger partial charge >= 0.3 is 5.97 Å². The molecule has 1 N–H and O–H groups in total. The number of terminal acetylenes is 1. The van der Waals surface area contributed by atoms with Crippen LogP contribution in [0.1, 0.15) is 25.3 Å². The Bertz CT molecular complexity index is 497. The van der Waals surface area contributed by atoms with Gasteiger partial charge in [0.25, 0.3) is 0 Å². The summed E-state index contributed by atoms with van der Waals surface area (Å²) in [5.41, 5.74) is 1.02. The van der Waals surface area contributed by atoms with E-state index in [-0.39, 0.29) is 12.6 Å². The van der Waals surface area contributed by atoms with E-state index in [4.69, 9.17) is 15.9 Å². The zero-order valence-corrected chi connectivity index (χ0v) is 13.7. The minimum atomic E-state index is -0.153. The van der Waals surface area contributed by atoms with Crippen LogP contribution in [-0.4, -0.2) is 25.7 Å². The topological polar surface area (TPSA) is 47.6 Å². The maximum atomic E-state index is 11.2. The van der Waals surface area contributed by atoms with Crippen molar-refractivity contribution in [1.29, 1.82) is 0 Å². The number of halogens is 1. The predicted molar refractivity (Wildman–Crippen MR) is 86.0 cm³/mol. The van der Waals surface area contributed by atoms with Crippen LogP contribution < -0.4 is 10.1 Å². The minimum absolute atomic E-state index is 0.153. The van der Waals surface area contributed by atoms with Gasteiger partial charge in [0.2, 0.25) is 0 Å². The Morgan fingerprint density at radius 3 is 3.00 bits per heavy atom. The predicted octanol–water partition coefficient (Wildman–Crippen LogP) is 2.89. The highest BCUT2D eigenvalue weighted by molar-refractivity contribution is 9.10. The number of rotatable bonds is 9. The largest absolute Gasteiger partial charge is 0.481 e. The molecule has 0 saturated carbocycles. The maximum absolute atomic E-state index is 11.2. The number of nitrogens with one attached hydrogen (secondary N) is 1. The van der Waals surface area contributed by atoms with Crippen LogP contribution in [0.4, 0.5) is 0 Å². The molecule has 0 aliphatic rings. The lowest BCUT2D eigenvalue weighted by atomic mass is 10.2. The summed E-state index contributed by atoms with van der Waals surface area (Å²) in [5, 5.41) is 3.28. The first-order valence-corrected chi connectivity index (χ1v) is 7.67. The lowest BCUT2D eigenvalue weighted by molar-refractivity contribution is -0.143. The van der Waals surface area contributed by atoms with Crippen molar-refractivity contribution in [2.45, 2.75) is 26.3 Å². The second-order valence-corrected chi connectivity index (χ2v) is 5.25. The standard InChI is InChI=1S/C16H20BrNO3/c1-3-10-21-15-8-7-14(17)11-13(15)12-18-9-5-6-16(19)20-4-2/h1,7-8,11,18H,4-6,9-10,12H2,2H3. The Morgan fingerprint density at radius 1 is 1.48 bits per heavy atom. The molecule has 21 heavy (non-hydrogen) atoms. The van der Waals surface area contributed by atoms with E-state index in [0.717, 1.165) is 28.8 Å². The highest BCUT2D eigenvalue weighted by atomic mass is 79.9. The summed E-state index contributed by atoms with van der Waals surface area (Å²) in [6.07, 6.45) is 6.38. The van der Waals surface area contributed by atoms with Gasteiger partial charge in [-0.3, -0.25) is 4.79 Å². The third-order valence-electron chi connectivity index (χ3n) is 2.69. The second-order valence-electron chi connectivity index (χ2n) is 4.33. The van der Waals surface area contributed by atoms with Gasteiger partial charge in [-0.25, -0.2) is 0 Å². The number of benzene rings is 1. The molecule has 0 bridgehead atoms. The fraction of sp³-hybridized carbons (Fsp3) is 0.438. The van der Waals surface area contributed by atoms with Gasteiger partial charge < -0.3 is 14.8 Å². The summed E-state index contributed by atoms with van der Waals surface area (Å²) in [7, 11) is 0. The van der Waals surface area contributed by atoms with Gasteiger partial charge in [0, 0.05) is 23.0 Å². The Hall–Kier alpha value is -1.51. The van der Waals surface area contributed by atoms with Crippen molar-refractivity contribution < 1.29 is 14.3 Å². The molecule has 0 aromatic heterocycles. The summed E-state index contributed by atoms with van der Waals surface area (Å²) < 4.78 is 11.4. The van der Waals surface area contributed by atoms with Crippen molar-refractivity contribution in [3.8, 4) is 18.1 Å². The van der Waals surface area contributed by atoms with Crippen molar-refractivity contribution >= 4 is 21.9 Å². The van der Waals surface area contributed by atoms with Gasteiger partial charge in [-0.2, -0.15) is 0 Å². The Labute approximate surface area is 134 Å². The molecule has 1 rings (SSSR count). The number of esters is 1. The van der Waals surface area contributed by atoms with Crippen LogP contribution in [0.2, 0.25) is 0 Å². The van der Waals surface area contributed by atoms with Crippen LogP contribution in [0.5, 0.6) is 5.75 Å². The maximum Gasteiger partial charge on any atom is 0.305 e. The molecule has 1 aromatic carbocycles. The molecule has 0 unspecified atom stereocenters. The smallest absolute Gasteiger partial charge is 0.305 e. The Morgan fingerprint density at radius 2 is 2.29 bits per heavy atom. The molecule has 0 saturated heterocycles. The molecule has 0 heterocycles. The first-order chi connectivity index (χ1) is 10.2. The van der Waals surface area contributed by atoms with Crippen molar-refractivity contribution in [1.82, 2.24) is 5.32 Å². The molecule has 0 radical (unpaired) electrons. The quantitative estimate of drug-likeness (QED) is 0.421. The van der Waals surface area contributed by atoms with E-state index in [2.05, 4.69) is 27.2 Å². The lowest BCUT2D eigenvalue weighted by Gasteiger charge is -2.11.